The van der Waals surface area contributed by atoms with Gasteiger partial charge < -0.3 is 24.7 Å². The number of rotatable bonds is 11. The summed E-state index contributed by atoms with van der Waals surface area (Å²) in [7, 11) is -3.42. The number of carbonyl (C=O) groups excluding carboxylic acids is 1. The van der Waals surface area contributed by atoms with Crippen molar-refractivity contribution >= 4 is 38.3 Å². The Bertz CT molecular complexity index is 1620. The fraction of sp³-hybridized carbons (Fsp3) is 0.269. The van der Waals surface area contributed by atoms with Gasteiger partial charge in [-0.2, -0.15) is 13.2 Å². The summed E-state index contributed by atoms with van der Waals surface area (Å²) < 4.78 is 72.4. The molecule has 14 heteroatoms. The number of aromatic nitrogens is 3. The van der Waals surface area contributed by atoms with Gasteiger partial charge in [0.15, 0.2) is 22.3 Å². The van der Waals surface area contributed by atoms with E-state index in [2.05, 4.69) is 20.6 Å². The Morgan fingerprint density at radius 2 is 1.85 bits per heavy atom. The number of carbonyl (C=O) groups is 1. The second-order valence-electron chi connectivity index (χ2n) is 8.97. The first-order valence-electron chi connectivity index (χ1n) is 12.0. The minimum absolute atomic E-state index is 0.0384. The number of benzene rings is 2. The molecule has 0 spiro atoms. The second kappa shape index (κ2) is 11.8. The predicted octanol–water partition coefficient (Wildman–Crippen LogP) is 4.38. The first-order valence-corrected chi connectivity index (χ1v) is 14.0. The summed E-state index contributed by atoms with van der Waals surface area (Å²) in [6.07, 6.45) is -0.233. The normalized spacial score (nSPS) is 11.8. The summed E-state index contributed by atoms with van der Waals surface area (Å²) in [6.45, 7) is 0.994. The van der Waals surface area contributed by atoms with Crippen LogP contribution in [0.5, 0.6) is 17.2 Å². The van der Waals surface area contributed by atoms with Crippen LogP contribution in [0.15, 0.2) is 61.1 Å². The molecule has 0 fully saturated rings. The largest absolute Gasteiger partial charge is 0.484 e. The fourth-order valence-corrected chi connectivity index (χ4v) is 4.39. The zero-order valence-corrected chi connectivity index (χ0v) is 22.3. The van der Waals surface area contributed by atoms with Crippen molar-refractivity contribution in [1.29, 1.82) is 0 Å². The van der Waals surface area contributed by atoms with E-state index in [0.717, 1.165) is 11.8 Å². The summed E-state index contributed by atoms with van der Waals surface area (Å²) in [5.74, 6) is 0.219. The number of alkyl halides is 3. The van der Waals surface area contributed by atoms with Gasteiger partial charge in [0.05, 0.1) is 5.52 Å². The maximum absolute atomic E-state index is 12.5. The molecule has 2 heterocycles. The number of nitrogens with zero attached hydrogens (tertiary/aromatic N) is 3. The van der Waals surface area contributed by atoms with Gasteiger partial charge in [0.2, 0.25) is 5.91 Å². The average molecular weight is 578 g/mol. The van der Waals surface area contributed by atoms with Crippen LogP contribution in [0.1, 0.15) is 5.56 Å². The van der Waals surface area contributed by atoms with Crippen molar-refractivity contribution in [1.82, 2.24) is 19.9 Å². The van der Waals surface area contributed by atoms with E-state index in [9.17, 15) is 26.4 Å². The quantitative estimate of drug-likeness (QED) is 0.269. The fourth-order valence-electron chi connectivity index (χ4n) is 3.81. The molecule has 0 aliphatic rings. The van der Waals surface area contributed by atoms with Gasteiger partial charge in [0.25, 0.3) is 0 Å². The van der Waals surface area contributed by atoms with Gasteiger partial charge in [-0.05, 0) is 48.9 Å². The Kier molecular flexibility index (Phi) is 8.47. The molecule has 0 atom stereocenters. The van der Waals surface area contributed by atoms with Gasteiger partial charge in [-0.25, -0.2) is 18.4 Å². The number of ether oxygens (including phenoxy) is 2. The minimum atomic E-state index is -4.44. The van der Waals surface area contributed by atoms with Crippen molar-refractivity contribution in [2.45, 2.75) is 19.6 Å². The molecule has 10 nitrogen and oxygen atoms in total. The van der Waals surface area contributed by atoms with Crippen molar-refractivity contribution in [2.75, 3.05) is 30.5 Å². The molecule has 40 heavy (non-hydrogen) atoms. The van der Waals surface area contributed by atoms with E-state index in [-0.39, 0.29) is 12.3 Å². The third-order valence-electron chi connectivity index (χ3n) is 5.49. The van der Waals surface area contributed by atoms with E-state index in [0.29, 0.717) is 40.6 Å². The maximum atomic E-state index is 12.5. The molecule has 0 aliphatic carbocycles. The summed E-state index contributed by atoms with van der Waals surface area (Å²) in [5, 5.41) is 5.84. The summed E-state index contributed by atoms with van der Waals surface area (Å²) in [5.41, 5.74) is 2.81. The van der Waals surface area contributed by atoms with Crippen LogP contribution < -0.4 is 20.1 Å². The lowest BCUT2D eigenvalue weighted by molar-refractivity contribution is -0.153. The lowest BCUT2D eigenvalue weighted by Crippen LogP contribution is -2.32. The Morgan fingerprint density at radius 1 is 1.07 bits per heavy atom. The van der Waals surface area contributed by atoms with Crippen molar-refractivity contribution in [3.8, 4) is 17.2 Å². The van der Waals surface area contributed by atoms with Crippen molar-refractivity contribution in [3.05, 3.63) is 66.6 Å². The molecule has 4 aromatic rings. The van der Waals surface area contributed by atoms with Crippen molar-refractivity contribution < 1.29 is 35.9 Å². The Labute approximate surface area is 228 Å². The Balaban J connectivity index is 1.45. The van der Waals surface area contributed by atoms with Crippen LogP contribution in [0.25, 0.3) is 11.0 Å². The van der Waals surface area contributed by atoms with Gasteiger partial charge in [0, 0.05) is 37.3 Å². The highest BCUT2D eigenvalue weighted by molar-refractivity contribution is 7.91. The van der Waals surface area contributed by atoms with Gasteiger partial charge in [-0.1, -0.05) is 6.07 Å². The van der Waals surface area contributed by atoms with Crippen LogP contribution in [0.3, 0.4) is 0 Å². The number of fused-ring (bicyclic) bond motifs is 1. The Morgan fingerprint density at radius 3 is 2.58 bits per heavy atom. The first kappa shape index (κ1) is 28.7. The first-order chi connectivity index (χ1) is 18.9. The third kappa shape index (κ3) is 8.09. The summed E-state index contributed by atoms with van der Waals surface area (Å²) in [6, 6.07) is 13.1. The number of hydrogen-bond donors (Lipinski definition) is 2. The topological polar surface area (TPSA) is 124 Å². The molecule has 0 unspecified atom stereocenters. The molecule has 2 N–H and O–H groups in total. The van der Waals surface area contributed by atoms with Crippen LogP contribution in [-0.2, 0) is 21.2 Å². The molecular formula is C26H26F3N5O5S. The van der Waals surface area contributed by atoms with Crippen LogP contribution in [0, 0.1) is 6.92 Å². The zero-order valence-electron chi connectivity index (χ0n) is 21.5. The number of halogens is 3. The molecule has 0 saturated heterocycles. The Hall–Kier alpha value is -4.33. The van der Waals surface area contributed by atoms with E-state index >= 15 is 0 Å². The number of amides is 1. The third-order valence-corrected chi connectivity index (χ3v) is 6.28. The highest BCUT2D eigenvalue weighted by atomic mass is 32.2. The van der Waals surface area contributed by atoms with Gasteiger partial charge in [-0.15, -0.1) is 0 Å². The average Bonchev–Trinajstić information content (AvgIpc) is 3.27. The number of anilines is 2. The van der Waals surface area contributed by atoms with Crippen molar-refractivity contribution in [2.24, 2.45) is 0 Å². The van der Waals surface area contributed by atoms with E-state index in [4.69, 9.17) is 9.47 Å². The molecule has 4 rings (SSSR count). The van der Waals surface area contributed by atoms with Gasteiger partial charge in [0.1, 0.15) is 34.8 Å². The highest BCUT2D eigenvalue weighted by Crippen LogP contribution is 2.31. The van der Waals surface area contributed by atoms with Gasteiger partial charge >= 0.3 is 6.18 Å². The van der Waals surface area contributed by atoms with Gasteiger partial charge in [-0.3, -0.25) is 4.79 Å². The van der Waals surface area contributed by atoms with Crippen LogP contribution >= 0.6 is 0 Å². The molecule has 0 aliphatic heterocycles. The SMILES string of the molecule is Cc1cc(Nc2ncnc3ccn(CCNC(=O)CS(C)(=O)=O)c23)ccc1Oc1cccc(OCC(F)(F)F)c1. The molecule has 212 valence electrons. The van der Waals surface area contributed by atoms with E-state index in [1.54, 1.807) is 36.5 Å². The smallest absolute Gasteiger partial charge is 0.422 e. The molecular weight excluding hydrogens is 551 g/mol. The van der Waals surface area contributed by atoms with E-state index in [1.165, 1.54) is 18.5 Å². The molecule has 2 aromatic carbocycles. The molecule has 2 aromatic heterocycles. The predicted molar refractivity (Wildman–Crippen MR) is 143 cm³/mol. The number of aryl methyl sites for hydroxylation is 1. The minimum Gasteiger partial charge on any atom is -0.484 e. The number of sulfone groups is 1. The molecule has 0 radical (unpaired) electrons. The van der Waals surface area contributed by atoms with E-state index in [1.807, 2.05) is 17.6 Å². The molecule has 1 amide bonds. The van der Waals surface area contributed by atoms with Crippen LogP contribution in [0.4, 0.5) is 24.7 Å². The lowest BCUT2D eigenvalue weighted by Gasteiger charge is -2.14. The zero-order chi connectivity index (χ0) is 28.9. The number of nitrogens with one attached hydrogen (secondary N) is 2. The highest BCUT2D eigenvalue weighted by Gasteiger charge is 2.28. The monoisotopic (exact) mass is 577 g/mol. The molecule has 0 saturated carbocycles. The molecule has 0 bridgehead atoms. The summed E-state index contributed by atoms with van der Waals surface area (Å²) in [4.78, 5) is 20.5. The van der Waals surface area contributed by atoms with Crippen molar-refractivity contribution in [3.63, 3.8) is 0 Å². The van der Waals surface area contributed by atoms with E-state index < -0.39 is 34.3 Å². The lowest BCUT2D eigenvalue weighted by atomic mass is 10.2. The van der Waals surface area contributed by atoms with Crippen LogP contribution in [-0.4, -0.2) is 60.2 Å². The standard InChI is InChI=1S/C26H26F3N5O5S/c1-17-12-18(6-7-22(17)39-20-5-3-4-19(13-20)38-15-26(27,28)29)33-25-24-21(31-16-32-25)8-10-34(24)11-9-30-23(35)14-40(2,36)37/h3-8,10,12-13,16H,9,11,14-15H2,1-2H3,(H,30,35)(H,31,32,33). The number of hydrogen-bond acceptors (Lipinski definition) is 8. The second-order valence-corrected chi connectivity index (χ2v) is 11.1. The summed E-state index contributed by atoms with van der Waals surface area (Å²) >= 11 is 0. The van der Waals surface area contributed by atoms with Crippen LogP contribution in [0.2, 0.25) is 0 Å². The maximum Gasteiger partial charge on any atom is 0.422 e.